The van der Waals surface area contributed by atoms with Crippen LogP contribution in [0.25, 0.3) is 0 Å². The van der Waals surface area contributed by atoms with Crippen molar-refractivity contribution < 1.29 is 9.84 Å². The largest absolute Gasteiger partial charge is 0.508 e. The first-order chi connectivity index (χ1) is 11.7. The van der Waals surface area contributed by atoms with Gasteiger partial charge in [-0.25, -0.2) is 9.67 Å². The topological polar surface area (TPSA) is 96.6 Å². The molecule has 128 valence electrons. The number of fused-ring (bicyclic) bond motifs is 1. The molecular weight excluding hydrogens is 308 g/mol. The molecule has 2 heterocycles. The second-order valence-electron chi connectivity index (χ2n) is 5.66. The van der Waals surface area contributed by atoms with Crippen molar-refractivity contribution in [1.29, 1.82) is 0 Å². The van der Waals surface area contributed by atoms with Crippen LogP contribution in [0.15, 0.2) is 29.5 Å². The van der Waals surface area contributed by atoms with E-state index in [1.165, 1.54) is 0 Å². The zero-order chi connectivity index (χ0) is 16.9. The maximum absolute atomic E-state index is 9.95. The third kappa shape index (κ3) is 3.58. The van der Waals surface area contributed by atoms with Gasteiger partial charge >= 0.3 is 0 Å². The number of phenols is 1. The van der Waals surface area contributed by atoms with Crippen LogP contribution in [0.4, 0.5) is 0 Å². The van der Waals surface area contributed by atoms with E-state index in [0.29, 0.717) is 18.3 Å². The molecule has 0 saturated carbocycles. The normalized spacial score (nSPS) is 17.2. The van der Waals surface area contributed by atoms with Gasteiger partial charge in [-0.15, -0.1) is 0 Å². The highest BCUT2D eigenvalue weighted by molar-refractivity contribution is 5.80. The van der Waals surface area contributed by atoms with E-state index in [1.54, 1.807) is 38.7 Å². The quantitative estimate of drug-likeness (QED) is 0.563. The summed E-state index contributed by atoms with van der Waals surface area (Å²) in [6, 6.07) is 5.39. The number of nitrogens with one attached hydrogen (secondary N) is 2. The molecule has 1 aromatic heterocycles. The van der Waals surface area contributed by atoms with Crippen LogP contribution < -0.4 is 15.4 Å². The van der Waals surface area contributed by atoms with Crippen molar-refractivity contribution in [3.05, 3.63) is 35.9 Å². The molecule has 0 bridgehead atoms. The lowest BCUT2D eigenvalue weighted by molar-refractivity contribution is 0.392. The Hall–Kier alpha value is -2.77. The first-order valence-corrected chi connectivity index (χ1v) is 7.89. The number of aliphatic imine (C=N–C) groups is 1. The van der Waals surface area contributed by atoms with Gasteiger partial charge < -0.3 is 20.5 Å². The van der Waals surface area contributed by atoms with Crippen LogP contribution in [0.2, 0.25) is 0 Å². The molecule has 1 atom stereocenters. The van der Waals surface area contributed by atoms with E-state index < -0.39 is 0 Å². The molecule has 0 fully saturated rings. The lowest BCUT2D eigenvalue weighted by Crippen LogP contribution is -2.46. The van der Waals surface area contributed by atoms with Crippen molar-refractivity contribution in [2.45, 2.75) is 32.0 Å². The number of rotatable bonds is 4. The van der Waals surface area contributed by atoms with Crippen molar-refractivity contribution in [3.63, 3.8) is 0 Å². The zero-order valence-corrected chi connectivity index (χ0v) is 13.9. The SMILES string of the molecule is CN=C(NCc1cc(OC)ccc1O)NC1CCc2ncnn2C1. The van der Waals surface area contributed by atoms with Gasteiger partial charge in [0.2, 0.25) is 0 Å². The number of guanidine groups is 1. The highest BCUT2D eigenvalue weighted by Gasteiger charge is 2.20. The molecule has 24 heavy (non-hydrogen) atoms. The van der Waals surface area contributed by atoms with Crippen LogP contribution >= 0.6 is 0 Å². The summed E-state index contributed by atoms with van der Waals surface area (Å²) in [7, 11) is 3.33. The zero-order valence-electron chi connectivity index (χ0n) is 13.9. The van der Waals surface area contributed by atoms with Gasteiger partial charge in [0.25, 0.3) is 0 Å². The van der Waals surface area contributed by atoms with Gasteiger partial charge in [0.05, 0.1) is 13.7 Å². The number of phenolic OH excluding ortho intramolecular Hbond substituents is 1. The van der Waals surface area contributed by atoms with E-state index in [0.717, 1.165) is 30.8 Å². The predicted octanol–water partition coefficient (Wildman–Crippen LogP) is 0.672. The highest BCUT2D eigenvalue weighted by atomic mass is 16.5. The number of aromatic nitrogens is 3. The number of methoxy groups -OCH3 is 1. The molecule has 1 aliphatic rings. The van der Waals surface area contributed by atoms with Crippen LogP contribution in [0.1, 0.15) is 17.8 Å². The third-order valence-corrected chi connectivity index (χ3v) is 4.10. The van der Waals surface area contributed by atoms with E-state index in [9.17, 15) is 5.11 Å². The molecule has 2 aromatic rings. The summed E-state index contributed by atoms with van der Waals surface area (Å²) in [4.78, 5) is 8.48. The van der Waals surface area contributed by atoms with Crippen molar-refractivity contribution in [2.75, 3.05) is 14.2 Å². The molecule has 0 saturated heterocycles. The Kier molecular flexibility index (Phi) is 4.83. The number of hydrogen-bond acceptors (Lipinski definition) is 5. The molecule has 0 aliphatic carbocycles. The fourth-order valence-electron chi connectivity index (χ4n) is 2.75. The van der Waals surface area contributed by atoms with Gasteiger partial charge in [0.1, 0.15) is 23.7 Å². The number of aromatic hydroxyl groups is 1. The highest BCUT2D eigenvalue weighted by Crippen LogP contribution is 2.22. The molecule has 1 aliphatic heterocycles. The van der Waals surface area contributed by atoms with Gasteiger partial charge in [-0.05, 0) is 24.6 Å². The molecule has 0 radical (unpaired) electrons. The van der Waals surface area contributed by atoms with Crippen LogP contribution in [0.5, 0.6) is 11.5 Å². The molecular formula is C16H22N6O2. The Labute approximate surface area is 140 Å². The smallest absolute Gasteiger partial charge is 0.191 e. The molecule has 0 spiro atoms. The minimum Gasteiger partial charge on any atom is -0.508 e. The van der Waals surface area contributed by atoms with Gasteiger partial charge in [0.15, 0.2) is 5.96 Å². The summed E-state index contributed by atoms with van der Waals surface area (Å²) in [5.41, 5.74) is 0.750. The average molecular weight is 330 g/mol. The molecule has 8 heteroatoms. The van der Waals surface area contributed by atoms with Gasteiger partial charge in [-0.2, -0.15) is 5.10 Å². The van der Waals surface area contributed by atoms with E-state index >= 15 is 0 Å². The number of hydrogen-bond donors (Lipinski definition) is 3. The van der Waals surface area contributed by atoms with Gasteiger partial charge in [-0.1, -0.05) is 0 Å². The first kappa shape index (κ1) is 16.1. The maximum Gasteiger partial charge on any atom is 0.191 e. The number of ether oxygens (including phenoxy) is 1. The second-order valence-corrected chi connectivity index (χ2v) is 5.66. The Morgan fingerprint density at radius 3 is 3.17 bits per heavy atom. The third-order valence-electron chi connectivity index (χ3n) is 4.10. The molecule has 8 nitrogen and oxygen atoms in total. The fraction of sp³-hybridized carbons (Fsp3) is 0.438. The Morgan fingerprint density at radius 1 is 1.50 bits per heavy atom. The number of benzene rings is 1. The fourth-order valence-corrected chi connectivity index (χ4v) is 2.75. The summed E-state index contributed by atoms with van der Waals surface area (Å²) >= 11 is 0. The van der Waals surface area contributed by atoms with E-state index in [1.807, 2.05) is 4.68 Å². The Balaban J connectivity index is 1.58. The van der Waals surface area contributed by atoms with Crippen LogP contribution in [-0.2, 0) is 19.5 Å². The number of nitrogens with zero attached hydrogens (tertiary/aromatic N) is 4. The Morgan fingerprint density at radius 2 is 2.38 bits per heavy atom. The van der Waals surface area contributed by atoms with E-state index in [4.69, 9.17) is 4.74 Å². The van der Waals surface area contributed by atoms with Gasteiger partial charge in [0, 0.05) is 31.6 Å². The summed E-state index contributed by atoms with van der Waals surface area (Å²) in [5, 5.41) is 20.8. The summed E-state index contributed by atoms with van der Waals surface area (Å²) in [6.07, 6.45) is 3.46. The monoisotopic (exact) mass is 330 g/mol. The minimum absolute atomic E-state index is 0.226. The molecule has 3 rings (SSSR count). The van der Waals surface area contributed by atoms with Crippen LogP contribution in [0.3, 0.4) is 0 Å². The lowest BCUT2D eigenvalue weighted by Gasteiger charge is -2.25. The number of aryl methyl sites for hydroxylation is 1. The lowest BCUT2D eigenvalue weighted by atomic mass is 10.1. The predicted molar refractivity (Wildman–Crippen MR) is 90.1 cm³/mol. The average Bonchev–Trinajstić information content (AvgIpc) is 3.07. The van der Waals surface area contributed by atoms with E-state index in [2.05, 4.69) is 25.7 Å². The molecule has 1 aromatic carbocycles. The molecule has 1 unspecified atom stereocenters. The standard InChI is InChI=1S/C16H22N6O2/c1-17-16(18-8-11-7-13(24-2)4-5-14(11)23)21-12-3-6-15-19-10-20-22(15)9-12/h4-5,7,10,12,23H,3,6,8-9H2,1-2H3,(H2,17,18,21). The summed E-state index contributed by atoms with van der Waals surface area (Å²) in [6.45, 7) is 1.21. The molecule has 3 N–H and O–H groups in total. The van der Waals surface area contributed by atoms with Crippen molar-refractivity contribution in [1.82, 2.24) is 25.4 Å². The van der Waals surface area contributed by atoms with Crippen molar-refractivity contribution in [3.8, 4) is 11.5 Å². The maximum atomic E-state index is 9.95. The van der Waals surface area contributed by atoms with Crippen molar-refractivity contribution >= 4 is 5.96 Å². The minimum atomic E-state index is 0.226. The second kappa shape index (κ2) is 7.20. The van der Waals surface area contributed by atoms with Crippen LogP contribution in [0, 0.1) is 0 Å². The first-order valence-electron chi connectivity index (χ1n) is 7.89. The van der Waals surface area contributed by atoms with Crippen LogP contribution in [-0.4, -0.2) is 46.0 Å². The van der Waals surface area contributed by atoms with Gasteiger partial charge in [-0.3, -0.25) is 4.99 Å². The molecule has 0 amide bonds. The van der Waals surface area contributed by atoms with E-state index in [-0.39, 0.29) is 11.8 Å². The summed E-state index contributed by atoms with van der Waals surface area (Å²) < 4.78 is 7.11. The summed E-state index contributed by atoms with van der Waals surface area (Å²) in [5.74, 6) is 2.64. The Bertz CT molecular complexity index is 727. The van der Waals surface area contributed by atoms with Crippen molar-refractivity contribution in [2.24, 2.45) is 4.99 Å².